The first-order chi connectivity index (χ1) is 9.16. The highest BCUT2D eigenvalue weighted by molar-refractivity contribution is 5.64. The van der Waals surface area contributed by atoms with Crippen LogP contribution >= 0.6 is 0 Å². The molecule has 2 aromatic rings. The summed E-state index contributed by atoms with van der Waals surface area (Å²) in [5.41, 5.74) is 6.53. The second-order valence-electron chi connectivity index (χ2n) is 4.92. The molecule has 104 valence electrons. The first-order valence-electron chi connectivity index (χ1n) is 6.57. The van der Waals surface area contributed by atoms with E-state index in [0.29, 0.717) is 17.6 Å². The largest absolute Gasteiger partial charge is 0.382 e. The molecule has 0 bridgehead atoms. The van der Waals surface area contributed by atoms with Crippen LogP contribution < -0.4 is 11.1 Å². The van der Waals surface area contributed by atoms with Crippen molar-refractivity contribution >= 4 is 17.3 Å². The van der Waals surface area contributed by atoms with E-state index in [9.17, 15) is 0 Å². The first kappa shape index (κ1) is 13.6. The molecule has 0 radical (unpaired) electrons. The lowest BCUT2D eigenvalue weighted by Crippen LogP contribution is -2.10. The molecule has 6 heteroatoms. The van der Waals surface area contributed by atoms with Gasteiger partial charge in [0, 0.05) is 32.2 Å². The highest BCUT2D eigenvalue weighted by Crippen LogP contribution is 2.14. The normalized spacial score (nSPS) is 11.3. The van der Waals surface area contributed by atoms with Crippen LogP contribution in [-0.4, -0.2) is 34.1 Å². The van der Waals surface area contributed by atoms with Crippen LogP contribution in [0.25, 0.3) is 5.65 Å². The summed E-state index contributed by atoms with van der Waals surface area (Å²) in [4.78, 5) is 8.51. The van der Waals surface area contributed by atoms with Crippen LogP contribution in [0.3, 0.4) is 0 Å². The standard InChI is InChI=1S/C13H21N5O/c1-10(2)9-19-7-3-4-15-12-13-16-5-6-18(13)8-11(14)17-12/h5-6,8,10H,3-4,7,9,14H2,1-2H3,(H,15,17). The maximum Gasteiger partial charge on any atom is 0.180 e. The molecule has 0 aliphatic carbocycles. The van der Waals surface area contributed by atoms with Crippen LogP contribution in [0.4, 0.5) is 11.6 Å². The van der Waals surface area contributed by atoms with E-state index in [1.807, 2.05) is 10.6 Å². The molecule has 19 heavy (non-hydrogen) atoms. The quantitative estimate of drug-likeness (QED) is 0.745. The fourth-order valence-electron chi connectivity index (χ4n) is 1.77. The fourth-order valence-corrected chi connectivity index (χ4v) is 1.77. The lowest BCUT2D eigenvalue weighted by Gasteiger charge is -2.09. The Morgan fingerprint density at radius 3 is 3.11 bits per heavy atom. The fraction of sp³-hybridized carbons (Fsp3) is 0.538. The molecule has 3 N–H and O–H groups in total. The van der Waals surface area contributed by atoms with E-state index in [1.165, 1.54) is 0 Å². The highest BCUT2D eigenvalue weighted by Gasteiger charge is 2.05. The number of imidazole rings is 1. The zero-order chi connectivity index (χ0) is 13.7. The van der Waals surface area contributed by atoms with E-state index in [0.717, 1.165) is 31.8 Å². The number of aromatic nitrogens is 3. The van der Waals surface area contributed by atoms with E-state index >= 15 is 0 Å². The number of nitrogens with one attached hydrogen (secondary N) is 1. The molecule has 0 amide bonds. The van der Waals surface area contributed by atoms with Gasteiger partial charge in [0.15, 0.2) is 11.5 Å². The van der Waals surface area contributed by atoms with Crippen molar-refractivity contribution in [1.82, 2.24) is 14.4 Å². The van der Waals surface area contributed by atoms with E-state index < -0.39 is 0 Å². The van der Waals surface area contributed by atoms with Crippen molar-refractivity contribution in [3.8, 4) is 0 Å². The number of hydrogen-bond acceptors (Lipinski definition) is 5. The molecule has 0 fully saturated rings. The Balaban J connectivity index is 1.83. The van der Waals surface area contributed by atoms with Gasteiger partial charge in [0.05, 0.1) is 6.20 Å². The van der Waals surface area contributed by atoms with Crippen molar-refractivity contribution < 1.29 is 4.74 Å². The second kappa shape index (κ2) is 6.38. The van der Waals surface area contributed by atoms with Gasteiger partial charge in [-0.05, 0) is 12.3 Å². The molecule has 0 unspecified atom stereocenters. The summed E-state index contributed by atoms with van der Waals surface area (Å²) >= 11 is 0. The van der Waals surface area contributed by atoms with Gasteiger partial charge < -0.3 is 20.2 Å². The molecule has 0 aliphatic heterocycles. The number of rotatable bonds is 7. The predicted molar refractivity (Wildman–Crippen MR) is 76.2 cm³/mol. The van der Waals surface area contributed by atoms with Crippen molar-refractivity contribution in [2.75, 3.05) is 30.8 Å². The highest BCUT2D eigenvalue weighted by atomic mass is 16.5. The van der Waals surface area contributed by atoms with Crippen molar-refractivity contribution in [3.05, 3.63) is 18.6 Å². The number of ether oxygens (including phenoxy) is 1. The van der Waals surface area contributed by atoms with Crippen LogP contribution in [0, 0.1) is 5.92 Å². The van der Waals surface area contributed by atoms with Gasteiger partial charge in [0.2, 0.25) is 0 Å². The monoisotopic (exact) mass is 263 g/mol. The third-order valence-electron chi connectivity index (χ3n) is 2.60. The zero-order valence-electron chi connectivity index (χ0n) is 11.5. The van der Waals surface area contributed by atoms with Gasteiger partial charge in [0.1, 0.15) is 5.82 Å². The average Bonchev–Trinajstić information content (AvgIpc) is 2.80. The third kappa shape index (κ3) is 3.82. The molecule has 0 saturated heterocycles. The minimum atomic E-state index is 0.476. The topological polar surface area (TPSA) is 77.5 Å². The van der Waals surface area contributed by atoms with Gasteiger partial charge in [-0.3, -0.25) is 0 Å². The predicted octanol–water partition coefficient (Wildman–Crippen LogP) is 1.79. The average molecular weight is 263 g/mol. The number of nitrogens with zero attached hydrogens (tertiary/aromatic N) is 3. The summed E-state index contributed by atoms with van der Waals surface area (Å²) in [6.45, 7) is 6.63. The van der Waals surface area contributed by atoms with Gasteiger partial charge in [-0.2, -0.15) is 0 Å². The molecule has 6 nitrogen and oxygen atoms in total. The number of nitrogen functional groups attached to an aromatic ring is 1. The smallest absolute Gasteiger partial charge is 0.180 e. The lowest BCUT2D eigenvalue weighted by molar-refractivity contribution is 0.110. The van der Waals surface area contributed by atoms with Crippen molar-refractivity contribution in [2.24, 2.45) is 5.92 Å². The van der Waals surface area contributed by atoms with Gasteiger partial charge in [-0.25, -0.2) is 9.97 Å². The van der Waals surface area contributed by atoms with Crippen LogP contribution in [0.15, 0.2) is 18.6 Å². The van der Waals surface area contributed by atoms with Gasteiger partial charge in [0.25, 0.3) is 0 Å². The molecular formula is C13H21N5O. The number of fused-ring (bicyclic) bond motifs is 1. The zero-order valence-corrected chi connectivity index (χ0v) is 11.5. The van der Waals surface area contributed by atoms with Crippen LogP contribution in [-0.2, 0) is 4.74 Å². The van der Waals surface area contributed by atoms with E-state index in [4.69, 9.17) is 10.5 Å². The lowest BCUT2D eigenvalue weighted by atomic mass is 10.2. The maximum atomic E-state index is 5.74. The Hall–Kier alpha value is -1.82. The summed E-state index contributed by atoms with van der Waals surface area (Å²) in [6.07, 6.45) is 6.26. The minimum Gasteiger partial charge on any atom is -0.382 e. The van der Waals surface area contributed by atoms with Crippen LogP contribution in [0.2, 0.25) is 0 Å². The number of nitrogens with two attached hydrogens (primary N) is 1. The van der Waals surface area contributed by atoms with E-state index in [-0.39, 0.29) is 0 Å². The van der Waals surface area contributed by atoms with Crippen molar-refractivity contribution in [2.45, 2.75) is 20.3 Å². The summed E-state index contributed by atoms with van der Waals surface area (Å²) in [6, 6.07) is 0. The van der Waals surface area contributed by atoms with Gasteiger partial charge in [-0.1, -0.05) is 13.8 Å². The number of anilines is 2. The number of hydrogen-bond donors (Lipinski definition) is 2. The Labute approximate surface area is 113 Å². The molecule has 0 aliphatic rings. The molecule has 0 aromatic carbocycles. The van der Waals surface area contributed by atoms with Crippen molar-refractivity contribution in [3.63, 3.8) is 0 Å². The maximum absolute atomic E-state index is 5.74. The second-order valence-corrected chi connectivity index (χ2v) is 4.92. The SMILES string of the molecule is CC(C)COCCCNc1nc(N)cn2ccnc12. The van der Waals surface area contributed by atoms with E-state index in [2.05, 4.69) is 29.1 Å². The van der Waals surface area contributed by atoms with E-state index in [1.54, 1.807) is 12.4 Å². The molecule has 2 aromatic heterocycles. The van der Waals surface area contributed by atoms with Crippen LogP contribution in [0.5, 0.6) is 0 Å². The Bertz CT molecular complexity index is 523. The molecule has 2 rings (SSSR count). The Morgan fingerprint density at radius 2 is 2.32 bits per heavy atom. The van der Waals surface area contributed by atoms with Crippen molar-refractivity contribution in [1.29, 1.82) is 0 Å². The summed E-state index contributed by atoms with van der Waals surface area (Å²) in [5, 5.41) is 3.25. The summed E-state index contributed by atoms with van der Waals surface area (Å²) in [7, 11) is 0. The third-order valence-corrected chi connectivity index (χ3v) is 2.60. The molecule has 0 spiro atoms. The Morgan fingerprint density at radius 1 is 1.47 bits per heavy atom. The first-order valence-corrected chi connectivity index (χ1v) is 6.57. The summed E-state index contributed by atoms with van der Waals surface area (Å²) in [5.74, 6) is 1.77. The Kier molecular flexibility index (Phi) is 4.57. The molecule has 0 atom stereocenters. The van der Waals surface area contributed by atoms with Gasteiger partial charge >= 0.3 is 0 Å². The minimum absolute atomic E-state index is 0.476. The molecular weight excluding hydrogens is 242 g/mol. The summed E-state index contributed by atoms with van der Waals surface area (Å²) < 4.78 is 7.38. The van der Waals surface area contributed by atoms with Gasteiger partial charge in [-0.15, -0.1) is 0 Å². The molecule has 2 heterocycles. The van der Waals surface area contributed by atoms with Crippen LogP contribution in [0.1, 0.15) is 20.3 Å². The molecule has 0 saturated carbocycles.